The van der Waals surface area contributed by atoms with E-state index in [0.29, 0.717) is 17.9 Å². The topological polar surface area (TPSA) is 54.0 Å². The molecule has 4 nitrogen and oxygen atoms in total. The predicted molar refractivity (Wildman–Crippen MR) is 81.0 cm³/mol. The monoisotopic (exact) mass is 269 g/mol. The summed E-state index contributed by atoms with van der Waals surface area (Å²) in [5.74, 6) is 0.762. The van der Waals surface area contributed by atoms with Gasteiger partial charge >= 0.3 is 0 Å². The second-order valence-corrected chi connectivity index (χ2v) is 4.67. The van der Waals surface area contributed by atoms with Gasteiger partial charge in [-0.2, -0.15) is 0 Å². The molecule has 0 saturated heterocycles. The van der Waals surface area contributed by atoms with Crippen molar-refractivity contribution in [3.8, 4) is 0 Å². The van der Waals surface area contributed by atoms with Crippen LogP contribution in [0.15, 0.2) is 48.7 Å². The molecule has 2 N–H and O–H groups in total. The van der Waals surface area contributed by atoms with Gasteiger partial charge in [-0.3, -0.25) is 4.79 Å². The van der Waals surface area contributed by atoms with Crippen molar-refractivity contribution in [2.45, 2.75) is 12.8 Å². The molecular weight excluding hydrogens is 250 g/mol. The van der Waals surface area contributed by atoms with Crippen molar-refractivity contribution < 1.29 is 4.79 Å². The average Bonchev–Trinajstić information content (AvgIpc) is 2.53. The van der Waals surface area contributed by atoms with Gasteiger partial charge in [-0.15, -0.1) is 0 Å². The molecule has 1 amide bonds. The smallest absolute Gasteiger partial charge is 0.255 e. The van der Waals surface area contributed by atoms with Crippen LogP contribution in [0.2, 0.25) is 0 Å². The van der Waals surface area contributed by atoms with Crippen molar-refractivity contribution in [2.75, 3.05) is 18.9 Å². The number of amides is 1. The van der Waals surface area contributed by atoms with Crippen molar-refractivity contribution in [2.24, 2.45) is 0 Å². The molecule has 2 aromatic rings. The Balaban J connectivity index is 1.99. The van der Waals surface area contributed by atoms with E-state index in [0.717, 1.165) is 0 Å². The standard InChI is InChI=1S/C16H19N3O/c1-12(13-7-4-3-5-8-13)11-19-16(20)14-9-6-10-18-15(14)17-2/h3-10,12H,11H2,1-2H3,(H,17,18)(H,19,20). The lowest BCUT2D eigenvalue weighted by molar-refractivity contribution is 0.0952. The van der Waals surface area contributed by atoms with Crippen LogP contribution in [0, 0.1) is 0 Å². The quantitative estimate of drug-likeness (QED) is 0.877. The van der Waals surface area contributed by atoms with E-state index in [1.54, 1.807) is 25.4 Å². The molecule has 1 atom stereocenters. The summed E-state index contributed by atoms with van der Waals surface area (Å²) in [5, 5.41) is 5.88. The van der Waals surface area contributed by atoms with Crippen LogP contribution in [-0.2, 0) is 0 Å². The largest absolute Gasteiger partial charge is 0.372 e. The second-order valence-electron chi connectivity index (χ2n) is 4.67. The third kappa shape index (κ3) is 3.35. The third-order valence-corrected chi connectivity index (χ3v) is 3.23. The Kier molecular flexibility index (Phi) is 4.71. The van der Waals surface area contributed by atoms with Crippen LogP contribution in [0.1, 0.15) is 28.8 Å². The normalized spacial score (nSPS) is 11.7. The van der Waals surface area contributed by atoms with Gasteiger partial charge in [0.2, 0.25) is 0 Å². The van der Waals surface area contributed by atoms with E-state index in [1.807, 2.05) is 18.2 Å². The molecule has 0 saturated carbocycles. The fourth-order valence-corrected chi connectivity index (χ4v) is 2.03. The number of hydrogen-bond donors (Lipinski definition) is 2. The maximum atomic E-state index is 12.2. The van der Waals surface area contributed by atoms with Gasteiger partial charge in [0.05, 0.1) is 5.56 Å². The summed E-state index contributed by atoms with van der Waals surface area (Å²) in [5.41, 5.74) is 1.78. The first kappa shape index (κ1) is 14.1. The molecule has 2 rings (SSSR count). The van der Waals surface area contributed by atoms with Gasteiger partial charge in [0.25, 0.3) is 5.91 Å². The summed E-state index contributed by atoms with van der Waals surface area (Å²) in [6, 6.07) is 13.7. The highest BCUT2D eigenvalue weighted by Gasteiger charge is 2.12. The third-order valence-electron chi connectivity index (χ3n) is 3.23. The number of carbonyl (C=O) groups is 1. The molecule has 1 aromatic carbocycles. The number of nitrogens with zero attached hydrogens (tertiary/aromatic N) is 1. The second kappa shape index (κ2) is 6.70. The van der Waals surface area contributed by atoms with Crippen molar-refractivity contribution in [3.05, 3.63) is 59.8 Å². The Bertz CT molecular complexity index is 569. The zero-order valence-corrected chi connectivity index (χ0v) is 11.8. The maximum Gasteiger partial charge on any atom is 0.255 e. The van der Waals surface area contributed by atoms with Gasteiger partial charge in [0.1, 0.15) is 5.82 Å². The highest BCUT2D eigenvalue weighted by molar-refractivity contribution is 5.98. The van der Waals surface area contributed by atoms with Crippen LogP contribution < -0.4 is 10.6 Å². The minimum Gasteiger partial charge on any atom is -0.372 e. The molecule has 0 aliphatic rings. The summed E-state index contributed by atoms with van der Waals surface area (Å²) in [7, 11) is 1.76. The number of pyridine rings is 1. The Morgan fingerprint density at radius 1 is 1.20 bits per heavy atom. The molecule has 0 aliphatic heterocycles. The van der Waals surface area contributed by atoms with Crippen molar-refractivity contribution >= 4 is 11.7 Å². The highest BCUT2D eigenvalue weighted by atomic mass is 16.1. The first-order valence-electron chi connectivity index (χ1n) is 6.68. The number of aromatic nitrogens is 1. The first-order chi connectivity index (χ1) is 9.72. The predicted octanol–water partition coefficient (Wildman–Crippen LogP) is 2.66. The molecule has 1 unspecified atom stereocenters. The van der Waals surface area contributed by atoms with Crippen LogP contribution in [-0.4, -0.2) is 24.5 Å². The molecule has 0 aliphatic carbocycles. The number of nitrogens with one attached hydrogen (secondary N) is 2. The van der Waals surface area contributed by atoms with E-state index in [9.17, 15) is 4.79 Å². The van der Waals surface area contributed by atoms with Crippen molar-refractivity contribution in [1.82, 2.24) is 10.3 Å². The molecule has 20 heavy (non-hydrogen) atoms. The molecule has 0 bridgehead atoms. The van der Waals surface area contributed by atoms with E-state index in [2.05, 4.69) is 34.7 Å². The fraction of sp³-hybridized carbons (Fsp3) is 0.250. The van der Waals surface area contributed by atoms with Gasteiger partial charge in [0, 0.05) is 19.8 Å². The zero-order valence-electron chi connectivity index (χ0n) is 11.8. The summed E-state index contributed by atoms with van der Waals surface area (Å²) in [6.07, 6.45) is 1.66. The van der Waals surface area contributed by atoms with E-state index in [1.165, 1.54) is 5.56 Å². The average molecular weight is 269 g/mol. The molecule has 104 valence electrons. The van der Waals surface area contributed by atoms with Gasteiger partial charge in [-0.05, 0) is 23.6 Å². The van der Waals surface area contributed by atoms with Gasteiger partial charge in [-0.1, -0.05) is 37.3 Å². The lowest BCUT2D eigenvalue weighted by Gasteiger charge is -2.14. The Labute approximate surface area is 119 Å². The van der Waals surface area contributed by atoms with E-state index < -0.39 is 0 Å². The van der Waals surface area contributed by atoms with Crippen molar-refractivity contribution in [1.29, 1.82) is 0 Å². The summed E-state index contributed by atoms with van der Waals surface area (Å²) in [6.45, 7) is 2.69. The number of hydrogen-bond acceptors (Lipinski definition) is 3. The molecule has 0 radical (unpaired) electrons. The minimum absolute atomic E-state index is 0.106. The number of benzene rings is 1. The van der Waals surface area contributed by atoms with Gasteiger partial charge in [0.15, 0.2) is 0 Å². The molecule has 0 spiro atoms. The molecule has 1 aromatic heterocycles. The van der Waals surface area contributed by atoms with E-state index in [-0.39, 0.29) is 11.8 Å². The Morgan fingerprint density at radius 3 is 2.65 bits per heavy atom. The highest BCUT2D eigenvalue weighted by Crippen LogP contribution is 2.14. The molecule has 4 heteroatoms. The summed E-state index contributed by atoms with van der Waals surface area (Å²) >= 11 is 0. The van der Waals surface area contributed by atoms with E-state index in [4.69, 9.17) is 0 Å². The van der Waals surface area contributed by atoms with Gasteiger partial charge < -0.3 is 10.6 Å². The lowest BCUT2D eigenvalue weighted by atomic mass is 10.0. The van der Waals surface area contributed by atoms with Crippen LogP contribution >= 0.6 is 0 Å². The Morgan fingerprint density at radius 2 is 1.95 bits per heavy atom. The number of rotatable bonds is 5. The number of anilines is 1. The van der Waals surface area contributed by atoms with Gasteiger partial charge in [-0.25, -0.2) is 4.98 Å². The van der Waals surface area contributed by atoms with Crippen molar-refractivity contribution in [3.63, 3.8) is 0 Å². The molecule has 1 heterocycles. The number of carbonyl (C=O) groups excluding carboxylic acids is 1. The van der Waals surface area contributed by atoms with Crippen LogP contribution in [0.5, 0.6) is 0 Å². The first-order valence-corrected chi connectivity index (χ1v) is 6.68. The molecule has 0 fully saturated rings. The van der Waals surface area contributed by atoms with E-state index >= 15 is 0 Å². The summed E-state index contributed by atoms with van der Waals surface area (Å²) in [4.78, 5) is 16.3. The maximum absolute atomic E-state index is 12.2. The van der Waals surface area contributed by atoms with Crippen LogP contribution in [0.25, 0.3) is 0 Å². The lowest BCUT2D eigenvalue weighted by Crippen LogP contribution is -2.28. The van der Waals surface area contributed by atoms with Crippen LogP contribution in [0.3, 0.4) is 0 Å². The Hall–Kier alpha value is -2.36. The summed E-state index contributed by atoms with van der Waals surface area (Å²) < 4.78 is 0. The fourth-order valence-electron chi connectivity index (χ4n) is 2.03. The molecular formula is C16H19N3O. The zero-order chi connectivity index (χ0) is 14.4. The minimum atomic E-state index is -0.106. The van der Waals surface area contributed by atoms with Crippen LogP contribution in [0.4, 0.5) is 5.82 Å². The SMILES string of the molecule is CNc1ncccc1C(=O)NCC(C)c1ccccc1.